The summed E-state index contributed by atoms with van der Waals surface area (Å²) in [5.74, 6) is 0.0378. The minimum absolute atomic E-state index is 0.0378. The Bertz CT molecular complexity index is 388. The molecule has 3 N–H and O–H groups in total. The van der Waals surface area contributed by atoms with Crippen LogP contribution in [-0.2, 0) is 0 Å². The number of rotatable bonds is 6. The second-order valence-corrected chi connectivity index (χ2v) is 4.44. The molecule has 1 rings (SSSR count). The number of hydrogen-bond acceptors (Lipinski definition) is 4. The normalized spacial score (nSPS) is 10.6. The summed E-state index contributed by atoms with van der Waals surface area (Å²) in [6.45, 7) is 3.46. The fraction of sp³-hybridized carbons (Fsp3) is 0.462. The van der Waals surface area contributed by atoms with Crippen LogP contribution >= 0.6 is 0 Å². The van der Waals surface area contributed by atoms with Crippen LogP contribution in [0.25, 0.3) is 0 Å². The Morgan fingerprint density at radius 2 is 2.12 bits per heavy atom. The average Bonchev–Trinajstić information content (AvgIpc) is 2.25. The van der Waals surface area contributed by atoms with Crippen molar-refractivity contribution >= 4 is 17.2 Å². The Balaban J connectivity index is 2.52. The van der Waals surface area contributed by atoms with E-state index in [2.05, 4.69) is 24.3 Å². The second-order valence-electron chi connectivity index (χ2n) is 4.44. The summed E-state index contributed by atoms with van der Waals surface area (Å²) < 4.78 is 0. The van der Waals surface area contributed by atoms with Gasteiger partial charge in [0.25, 0.3) is 0 Å². The third-order valence-electron chi connectivity index (χ3n) is 2.56. The summed E-state index contributed by atoms with van der Waals surface area (Å²) in [4.78, 5) is 13.3. The number of hydrogen-bond donors (Lipinski definition) is 2. The highest BCUT2D eigenvalue weighted by molar-refractivity contribution is 5.95. The molecule has 1 aromatic rings. The maximum Gasteiger partial charge on any atom is 0.159 e. The predicted octanol–water partition coefficient (Wildman–Crippen LogP) is 1.83. The highest BCUT2D eigenvalue weighted by Crippen LogP contribution is 2.20. The number of ketones is 1. The molecule has 0 aliphatic carbocycles. The maximum absolute atomic E-state index is 11.2. The molecular weight excluding hydrogens is 214 g/mol. The van der Waals surface area contributed by atoms with Gasteiger partial charge in [0.05, 0.1) is 11.4 Å². The highest BCUT2D eigenvalue weighted by Gasteiger charge is 2.03. The number of carbonyl (C=O) groups is 1. The molecule has 0 radical (unpaired) electrons. The van der Waals surface area contributed by atoms with Crippen LogP contribution in [0, 0.1) is 0 Å². The van der Waals surface area contributed by atoms with Gasteiger partial charge < -0.3 is 16.0 Å². The predicted molar refractivity (Wildman–Crippen MR) is 72.5 cm³/mol. The topological polar surface area (TPSA) is 58.4 Å². The van der Waals surface area contributed by atoms with E-state index in [9.17, 15) is 4.79 Å². The fourth-order valence-corrected chi connectivity index (χ4v) is 1.56. The third kappa shape index (κ3) is 4.44. The number of carbonyl (C=O) groups excluding carboxylic acids is 1. The molecule has 0 amide bonds. The van der Waals surface area contributed by atoms with Crippen molar-refractivity contribution in [1.82, 2.24) is 4.90 Å². The van der Waals surface area contributed by atoms with Gasteiger partial charge in [-0.1, -0.05) is 0 Å². The van der Waals surface area contributed by atoms with Crippen LogP contribution < -0.4 is 11.1 Å². The summed E-state index contributed by atoms with van der Waals surface area (Å²) in [6.07, 6.45) is 1.06. The number of nitrogens with two attached hydrogens (primary N) is 1. The van der Waals surface area contributed by atoms with Gasteiger partial charge in [0, 0.05) is 12.1 Å². The van der Waals surface area contributed by atoms with Crippen molar-refractivity contribution in [3.8, 4) is 0 Å². The van der Waals surface area contributed by atoms with Crippen molar-refractivity contribution in [3.63, 3.8) is 0 Å². The quantitative estimate of drug-likeness (QED) is 0.449. The fourth-order valence-electron chi connectivity index (χ4n) is 1.56. The van der Waals surface area contributed by atoms with E-state index >= 15 is 0 Å². The first-order valence-electron chi connectivity index (χ1n) is 5.80. The lowest BCUT2D eigenvalue weighted by Crippen LogP contribution is -2.16. The number of nitrogens with one attached hydrogen (secondary N) is 1. The van der Waals surface area contributed by atoms with Crippen LogP contribution in [0.3, 0.4) is 0 Å². The zero-order valence-electron chi connectivity index (χ0n) is 10.8. The van der Waals surface area contributed by atoms with Crippen molar-refractivity contribution < 1.29 is 4.79 Å². The van der Waals surface area contributed by atoms with Gasteiger partial charge >= 0.3 is 0 Å². The first-order chi connectivity index (χ1) is 8.00. The molecule has 0 unspecified atom stereocenters. The lowest BCUT2D eigenvalue weighted by Gasteiger charge is -2.12. The molecule has 4 nitrogen and oxygen atoms in total. The van der Waals surface area contributed by atoms with Gasteiger partial charge in [-0.3, -0.25) is 4.79 Å². The van der Waals surface area contributed by atoms with E-state index in [1.807, 2.05) is 6.07 Å². The van der Waals surface area contributed by atoms with Crippen molar-refractivity contribution in [2.75, 3.05) is 38.2 Å². The van der Waals surface area contributed by atoms with Crippen LogP contribution in [0.15, 0.2) is 18.2 Å². The minimum Gasteiger partial charge on any atom is -0.397 e. The van der Waals surface area contributed by atoms with Crippen LogP contribution in [0.4, 0.5) is 11.4 Å². The molecule has 0 aliphatic rings. The molecule has 0 aliphatic heterocycles. The van der Waals surface area contributed by atoms with E-state index < -0.39 is 0 Å². The molecular formula is C13H21N3O. The molecule has 4 heteroatoms. The Labute approximate surface area is 103 Å². The summed E-state index contributed by atoms with van der Waals surface area (Å²) in [5.41, 5.74) is 8.05. The van der Waals surface area contributed by atoms with Gasteiger partial charge in [-0.15, -0.1) is 0 Å². The highest BCUT2D eigenvalue weighted by atomic mass is 16.1. The minimum atomic E-state index is 0.0378. The third-order valence-corrected chi connectivity index (χ3v) is 2.56. The van der Waals surface area contributed by atoms with E-state index in [0.29, 0.717) is 11.3 Å². The summed E-state index contributed by atoms with van der Waals surface area (Å²) >= 11 is 0. The summed E-state index contributed by atoms with van der Waals surface area (Å²) in [7, 11) is 4.10. The van der Waals surface area contributed by atoms with E-state index in [-0.39, 0.29) is 5.78 Å². The lowest BCUT2D eigenvalue weighted by molar-refractivity contribution is 0.101. The Kier molecular flexibility index (Phi) is 4.97. The van der Waals surface area contributed by atoms with Gasteiger partial charge in [0.2, 0.25) is 0 Å². The molecule has 0 atom stereocenters. The van der Waals surface area contributed by atoms with Gasteiger partial charge in [0.15, 0.2) is 5.78 Å². The smallest absolute Gasteiger partial charge is 0.159 e. The summed E-state index contributed by atoms with van der Waals surface area (Å²) in [6, 6.07) is 5.38. The van der Waals surface area contributed by atoms with Crippen molar-refractivity contribution in [2.24, 2.45) is 0 Å². The Morgan fingerprint density at radius 3 is 2.65 bits per heavy atom. The molecule has 0 saturated heterocycles. The zero-order chi connectivity index (χ0) is 12.8. The van der Waals surface area contributed by atoms with Crippen molar-refractivity contribution in [3.05, 3.63) is 23.8 Å². The first-order valence-corrected chi connectivity index (χ1v) is 5.80. The van der Waals surface area contributed by atoms with Gasteiger partial charge in [-0.05, 0) is 52.2 Å². The van der Waals surface area contributed by atoms with E-state index in [1.165, 1.54) is 0 Å². The molecule has 1 aromatic carbocycles. The lowest BCUT2D eigenvalue weighted by atomic mass is 10.1. The summed E-state index contributed by atoms with van der Waals surface area (Å²) in [5, 5.41) is 3.27. The number of anilines is 2. The monoisotopic (exact) mass is 235 g/mol. The Morgan fingerprint density at radius 1 is 1.41 bits per heavy atom. The van der Waals surface area contributed by atoms with Crippen LogP contribution in [0.5, 0.6) is 0 Å². The number of nitrogen functional groups attached to an aromatic ring is 1. The Hall–Kier alpha value is -1.55. The van der Waals surface area contributed by atoms with Crippen LogP contribution in [-0.4, -0.2) is 37.9 Å². The molecule has 17 heavy (non-hydrogen) atoms. The van der Waals surface area contributed by atoms with E-state index in [0.717, 1.165) is 25.2 Å². The van der Waals surface area contributed by atoms with E-state index in [1.54, 1.807) is 19.1 Å². The molecule has 0 aromatic heterocycles. The molecule has 0 spiro atoms. The van der Waals surface area contributed by atoms with Gasteiger partial charge in [-0.25, -0.2) is 0 Å². The SMILES string of the molecule is CC(=O)c1ccc(NCCCN(C)C)c(N)c1. The standard InChI is InChI=1S/C13H21N3O/c1-10(17)11-5-6-13(12(14)9-11)15-7-4-8-16(2)3/h5-6,9,15H,4,7-8,14H2,1-3H3. The second kappa shape index (κ2) is 6.25. The van der Waals surface area contributed by atoms with E-state index in [4.69, 9.17) is 5.73 Å². The molecule has 0 bridgehead atoms. The first kappa shape index (κ1) is 13.5. The van der Waals surface area contributed by atoms with Gasteiger partial charge in [-0.2, -0.15) is 0 Å². The zero-order valence-corrected chi connectivity index (χ0v) is 10.8. The van der Waals surface area contributed by atoms with Crippen LogP contribution in [0.1, 0.15) is 23.7 Å². The average molecular weight is 235 g/mol. The number of nitrogens with zero attached hydrogens (tertiary/aromatic N) is 1. The largest absolute Gasteiger partial charge is 0.397 e. The number of Topliss-reactive ketones (excluding diaryl/α,β-unsaturated/α-hetero) is 1. The molecule has 94 valence electrons. The van der Waals surface area contributed by atoms with Gasteiger partial charge in [0.1, 0.15) is 0 Å². The molecule has 0 fully saturated rings. The van der Waals surface area contributed by atoms with Crippen molar-refractivity contribution in [1.29, 1.82) is 0 Å². The molecule has 0 heterocycles. The van der Waals surface area contributed by atoms with Crippen LogP contribution in [0.2, 0.25) is 0 Å². The molecule has 0 saturated carbocycles. The number of benzene rings is 1. The maximum atomic E-state index is 11.2. The van der Waals surface area contributed by atoms with Crippen molar-refractivity contribution in [2.45, 2.75) is 13.3 Å².